The number of nitrogens with zero attached hydrogens (tertiary/aromatic N) is 3. The Bertz CT molecular complexity index is 1570. The van der Waals surface area contributed by atoms with Crippen molar-refractivity contribution < 1.29 is 23.9 Å². The van der Waals surface area contributed by atoms with Crippen LogP contribution in [0.2, 0.25) is 0 Å². The summed E-state index contributed by atoms with van der Waals surface area (Å²) in [5, 5.41) is 14.8. The second kappa shape index (κ2) is 14.6. The molecule has 0 saturated heterocycles. The summed E-state index contributed by atoms with van der Waals surface area (Å²) in [6.07, 6.45) is 1.17. The van der Waals surface area contributed by atoms with Crippen LogP contribution in [-0.2, 0) is 27.4 Å². The van der Waals surface area contributed by atoms with Gasteiger partial charge in [0.05, 0.1) is 42.6 Å². The highest BCUT2D eigenvalue weighted by molar-refractivity contribution is 5.89. The zero-order valence-electron chi connectivity index (χ0n) is 24.6. The first-order valence-electron chi connectivity index (χ1n) is 13.8. The number of hydrogen-bond donors (Lipinski definition) is 2. The van der Waals surface area contributed by atoms with Crippen molar-refractivity contribution in [2.24, 2.45) is 5.92 Å². The van der Waals surface area contributed by atoms with Crippen LogP contribution in [0, 0.1) is 12.8 Å². The SMILES string of the molecule is COC(=O)c1ccc(C(NC(=O)OCc2ccccc2)/C(C)=C/[C@@H](C)C(=O)NCc2nn(-c3ccccc3)nc2C)cc1. The number of aromatic nitrogens is 3. The quantitative estimate of drug-likeness (QED) is 0.184. The van der Waals surface area contributed by atoms with E-state index in [1.165, 1.54) is 7.11 Å². The van der Waals surface area contributed by atoms with Gasteiger partial charge >= 0.3 is 12.1 Å². The summed E-state index contributed by atoms with van der Waals surface area (Å²) in [7, 11) is 1.31. The normalized spacial score (nSPS) is 12.6. The van der Waals surface area contributed by atoms with Gasteiger partial charge < -0.3 is 20.1 Å². The number of aryl methyl sites for hydroxylation is 1. The Morgan fingerprint density at radius 3 is 2.23 bits per heavy atom. The maximum Gasteiger partial charge on any atom is 0.408 e. The standard InChI is InChI=1S/C33H35N5O5/c1-22(19-23(2)31(39)34-20-29-24(3)36-38(37-29)28-13-9-6-10-14-28)30(26-15-17-27(18-16-26)32(40)42-4)35-33(41)43-21-25-11-7-5-8-12-25/h5-19,23,30H,20-21H2,1-4H3,(H,34,39)(H,35,41)/b22-19+/t23-,30?/m1/s1. The van der Waals surface area contributed by atoms with E-state index in [0.717, 1.165) is 22.5 Å². The predicted octanol–water partition coefficient (Wildman–Crippen LogP) is 5.23. The van der Waals surface area contributed by atoms with Crippen molar-refractivity contribution in [1.29, 1.82) is 0 Å². The van der Waals surface area contributed by atoms with Crippen molar-refractivity contribution in [1.82, 2.24) is 25.6 Å². The highest BCUT2D eigenvalue weighted by atomic mass is 16.5. The molecular weight excluding hydrogens is 546 g/mol. The molecule has 2 amide bonds. The molecule has 1 unspecified atom stereocenters. The van der Waals surface area contributed by atoms with Crippen molar-refractivity contribution in [2.45, 2.75) is 40.0 Å². The number of ether oxygens (including phenoxy) is 2. The fourth-order valence-corrected chi connectivity index (χ4v) is 4.42. The number of nitrogens with one attached hydrogen (secondary N) is 2. The third-order valence-corrected chi connectivity index (χ3v) is 6.82. The van der Waals surface area contributed by atoms with Gasteiger partial charge in [0.2, 0.25) is 5.91 Å². The number of para-hydroxylation sites is 1. The van der Waals surface area contributed by atoms with Gasteiger partial charge in [-0.05, 0) is 54.8 Å². The first-order chi connectivity index (χ1) is 20.7. The monoisotopic (exact) mass is 581 g/mol. The average Bonchev–Trinajstić information content (AvgIpc) is 3.42. The van der Waals surface area contributed by atoms with E-state index in [2.05, 4.69) is 20.8 Å². The Balaban J connectivity index is 1.45. The van der Waals surface area contributed by atoms with E-state index in [1.54, 1.807) is 42.1 Å². The molecule has 2 N–H and O–H groups in total. The van der Waals surface area contributed by atoms with E-state index < -0.39 is 24.0 Å². The maximum atomic E-state index is 13.1. The van der Waals surface area contributed by atoms with Crippen LogP contribution in [-0.4, -0.2) is 40.1 Å². The Morgan fingerprint density at radius 2 is 1.58 bits per heavy atom. The van der Waals surface area contributed by atoms with Gasteiger partial charge in [0.15, 0.2) is 0 Å². The van der Waals surface area contributed by atoms with Gasteiger partial charge in [0, 0.05) is 0 Å². The fourth-order valence-electron chi connectivity index (χ4n) is 4.42. The average molecular weight is 582 g/mol. The minimum Gasteiger partial charge on any atom is -0.465 e. The maximum absolute atomic E-state index is 13.1. The molecule has 4 rings (SSSR count). The molecule has 1 heterocycles. The molecule has 0 radical (unpaired) electrons. The van der Waals surface area contributed by atoms with Gasteiger partial charge in [0.25, 0.3) is 0 Å². The number of carbonyl (C=O) groups is 3. The van der Waals surface area contributed by atoms with E-state index in [0.29, 0.717) is 16.8 Å². The number of rotatable bonds is 11. The zero-order chi connectivity index (χ0) is 30.8. The minimum absolute atomic E-state index is 0.108. The highest BCUT2D eigenvalue weighted by Gasteiger charge is 2.21. The number of methoxy groups -OCH3 is 1. The lowest BCUT2D eigenvalue weighted by atomic mass is 9.95. The Kier molecular flexibility index (Phi) is 10.4. The van der Waals surface area contributed by atoms with Gasteiger partial charge in [-0.1, -0.05) is 73.7 Å². The third-order valence-electron chi connectivity index (χ3n) is 6.82. The molecule has 0 saturated carbocycles. The molecule has 4 aromatic rings. The van der Waals surface area contributed by atoms with Crippen molar-refractivity contribution in [3.8, 4) is 5.69 Å². The van der Waals surface area contributed by atoms with E-state index in [9.17, 15) is 14.4 Å². The van der Waals surface area contributed by atoms with Gasteiger partial charge in [0.1, 0.15) is 12.3 Å². The van der Waals surface area contributed by atoms with Crippen LogP contribution >= 0.6 is 0 Å². The molecule has 0 bridgehead atoms. The molecule has 0 spiro atoms. The summed E-state index contributed by atoms with van der Waals surface area (Å²) in [6, 6.07) is 25.0. The lowest BCUT2D eigenvalue weighted by Crippen LogP contribution is -2.31. The summed E-state index contributed by atoms with van der Waals surface area (Å²) >= 11 is 0. The van der Waals surface area contributed by atoms with E-state index in [4.69, 9.17) is 9.47 Å². The predicted molar refractivity (Wildman–Crippen MR) is 161 cm³/mol. The molecule has 3 aromatic carbocycles. The van der Waals surface area contributed by atoms with Crippen molar-refractivity contribution in [3.05, 3.63) is 125 Å². The van der Waals surface area contributed by atoms with Crippen LogP contribution in [0.15, 0.2) is 96.6 Å². The van der Waals surface area contributed by atoms with Gasteiger partial charge in [-0.2, -0.15) is 15.0 Å². The lowest BCUT2D eigenvalue weighted by molar-refractivity contribution is -0.123. The van der Waals surface area contributed by atoms with Crippen LogP contribution in [0.3, 0.4) is 0 Å². The van der Waals surface area contributed by atoms with Crippen LogP contribution in [0.4, 0.5) is 4.79 Å². The number of alkyl carbamates (subject to hydrolysis) is 1. The molecule has 0 fully saturated rings. The number of hydrogen-bond acceptors (Lipinski definition) is 7. The second-order valence-electron chi connectivity index (χ2n) is 10.0. The zero-order valence-corrected chi connectivity index (χ0v) is 24.6. The number of amides is 2. The molecule has 2 atom stereocenters. The first kappa shape index (κ1) is 30.7. The smallest absolute Gasteiger partial charge is 0.408 e. The summed E-state index contributed by atoms with van der Waals surface area (Å²) in [6.45, 7) is 5.78. The molecule has 1 aromatic heterocycles. The molecule has 0 aliphatic rings. The lowest BCUT2D eigenvalue weighted by Gasteiger charge is -2.21. The number of carbonyl (C=O) groups excluding carboxylic acids is 3. The van der Waals surface area contributed by atoms with Crippen molar-refractivity contribution in [2.75, 3.05) is 7.11 Å². The van der Waals surface area contributed by atoms with E-state index in [1.807, 2.05) is 74.5 Å². The Morgan fingerprint density at radius 1 is 0.930 bits per heavy atom. The molecule has 0 aliphatic carbocycles. The summed E-state index contributed by atoms with van der Waals surface area (Å²) in [5.74, 6) is -1.20. The second-order valence-corrected chi connectivity index (χ2v) is 10.0. The third kappa shape index (κ3) is 8.38. The van der Waals surface area contributed by atoms with Gasteiger partial charge in [-0.25, -0.2) is 9.59 Å². The van der Waals surface area contributed by atoms with Crippen molar-refractivity contribution >= 4 is 18.0 Å². The minimum atomic E-state index is -0.618. The summed E-state index contributed by atoms with van der Waals surface area (Å²) in [5.41, 5.74) is 4.87. The van der Waals surface area contributed by atoms with Crippen LogP contribution in [0.5, 0.6) is 0 Å². The van der Waals surface area contributed by atoms with Crippen LogP contribution in [0.25, 0.3) is 5.69 Å². The van der Waals surface area contributed by atoms with Gasteiger partial charge in [-0.3, -0.25) is 4.79 Å². The Labute approximate surface area is 250 Å². The van der Waals surface area contributed by atoms with Gasteiger partial charge in [-0.15, -0.1) is 0 Å². The molecule has 43 heavy (non-hydrogen) atoms. The topological polar surface area (TPSA) is 124 Å². The molecule has 10 heteroatoms. The summed E-state index contributed by atoms with van der Waals surface area (Å²) < 4.78 is 10.2. The Hall–Kier alpha value is -5.25. The van der Waals surface area contributed by atoms with E-state index >= 15 is 0 Å². The number of esters is 1. The van der Waals surface area contributed by atoms with Crippen LogP contribution < -0.4 is 10.6 Å². The van der Waals surface area contributed by atoms with Crippen molar-refractivity contribution in [3.63, 3.8) is 0 Å². The van der Waals surface area contributed by atoms with E-state index in [-0.39, 0.29) is 19.1 Å². The highest BCUT2D eigenvalue weighted by Crippen LogP contribution is 2.24. The molecular formula is C33H35N5O5. The molecule has 0 aliphatic heterocycles. The first-order valence-corrected chi connectivity index (χ1v) is 13.8. The summed E-state index contributed by atoms with van der Waals surface area (Å²) in [4.78, 5) is 39.3. The molecule has 222 valence electrons. The fraction of sp³-hybridized carbons (Fsp3) is 0.242. The van der Waals surface area contributed by atoms with Crippen LogP contribution in [0.1, 0.15) is 52.8 Å². The number of benzene rings is 3. The molecule has 10 nitrogen and oxygen atoms in total. The largest absolute Gasteiger partial charge is 0.465 e.